The molecule has 21 heavy (non-hydrogen) atoms. The molecule has 0 aliphatic heterocycles. The highest BCUT2D eigenvalue weighted by Crippen LogP contribution is 2.28. The number of benzene rings is 1. The maximum Gasteiger partial charge on any atom is 0.280 e. The van der Waals surface area contributed by atoms with Crippen molar-refractivity contribution in [2.24, 2.45) is 0 Å². The van der Waals surface area contributed by atoms with E-state index in [1.807, 2.05) is 31.2 Å². The molecule has 2 aromatic heterocycles. The minimum Gasteiger partial charge on any atom is -0.258 e. The molecule has 0 N–H and O–H groups in total. The maximum atomic E-state index is 11.1. The number of nitrogens with zero attached hydrogens (tertiary/aromatic N) is 4. The molecule has 0 aliphatic rings. The van der Waals surface area contributed by atoms with Crippen LogP contribution in [0.15, 0.2) is 36.4 Å². The van der Waals surface area contributed by atoms with Crippen LogP contribution in [0.4, 0.5) is 5.69 Å². The van der Waals surface area contributed by atoms with Crippen LogP contribution in [0.3, 0.4) is 0 Å². The standard InChI is InChI=1S/C15H14N4O2/c1-10-5-3-6-12(16-10)9-18-13-7-4-8-14(19(20)21)15(13)11(2)17-18/h3-8H,9H2,1-2H3. The second-order valence-electron chi connectivity index (χ2n) is 4.94. The lowest BCUT2D eigenvalue weighted by Gasteiger charge is -2.04. The maximum absolute atomic E-state index is 11.1. The molecule has 0 aliphatic carbocycles. The quantitative estimate of drug-likeness (QED) is 0.546. The van der Waals surface area contributed by atoms with E-state index in [2.05, 4.69) is 10.1 Å². The fourth-order valence-electron chi connectivity index (χ4n) is 2.51. The predicted octanol–water partition coefficient (Wildman–Crippen LogP) is 3.00. The van der Waals surface area contributed by atoms with Gasteiger partial charge in [0, 0.05) is 11.8 Å². The molecule has 106 valence electrons. The number of rotatable bonds is 3. The molecule has 0 radical (unpaired) electrons. The van der Waals surface area contributed by atoms with Crippen LogP contribution >= 0.6 is 0 Å². The Labute approximate surface area is 121 Å². The lowest BCUT2D eigenvalue weighted by atomic mass is 10.2. The Morgan fingerprint density at radius 2 is 1.95 bits per heavy atom. The van der Waals surface area contributed by atoms with Gasteiger partial charge in [0.1, 0.15) is 5.39 Å². The Morgan fingerprint density at radius 1 is 1.19 bits per heavy atom. The first-order chi connectivity index (χ1) is 10.1. The number of aromatic nitrogens is 3. The molecule has 6 heteroatoms. The van der Waals surface area contributed by atoms with Gasteiger partial charge in [0.2, 0.25) is 0 Å². The molecule has 3 aromatic rings. The lowest BCUT2D eigenvalue weighted by Crippen LogP contribution is -2.04. The van der Waals surface area contributed by atoms with Gasteiger partial charge in [-0.3, -0.25) is 19.8 Å². The van der Waals surface area contributed by atoms with Crippen LogP contribution in [0, 0.1) is 24.0 Å². The van der Waals surface area contributed by atoms with Crippen molar-refractivity contribution in [3.8, 4) is 0 Å². The van der Waals surface area contributed by atoms with Crippen molar-refractivity contribution >= 4 is 16.6 Å². The van der Waals surface area contributed by atoms with Crippen molar-refractivity contribution in [2.45, 2.75) is 20.4 Å². The zero-order valence-corrected chi connectivity index (χ0v) is 11.8. The molecule has 2 heterocycles. The third kappa shape index (κ3) is 2.35. The number of hydrogen-bond donors (Lipinski definition) is 0. The molecule has 0 unspecified atom stereocenters. The average Bonchev–Trinajstić information content (AvgIpc) is 2.75. The van der Waals surface area contributed by atoms with Gasteiger partial charge in [-0.05, 0) is 32.0 Å². The van der Waals surface area contributed by atoms with Gasteiger partial charge in [0.15, 0.2) is 0 Å². The lowest BCUT2D eigenvalue weighted by molar-refractivity contribution is -0.383. The summed E-state index contributed by atoms with van der Waals surface area (Å²) in [5.41, 5.74) is 3.32. The summed E-state index contributed by atoms with van der Waals surface area (Å²) in [5.74, 6) is 0. The molecule has 0 atom stereocenters. The second kappa shape index (κ2) is 4.97. The summed E-state index contributed by atoms with van der Waals surface area (Å²) in [6, 6.07) is 10.8. The normalized spacial score (nSPS) is 11.0. The van der Waals surface area contributed by atoms with Crippen LogP contribution in [0.5, 0.6) is 0 Å². The van der Waals surface area contributed by atoms with Crippen LogP contribution in [0.1, 0.15) is 17.1 Å². The van der Waals surface area contributed by atoms with E-state index < -0.39 is 0 Å². The van der Waals surface area contributed by atoms with Crippen LogP contribution in [0.25, 0.3) is 10.9 Å². The predicted molar refractivity (Wildman–Crippen MR) is 79.2 cm³/mol. The Morgan fingerprint density at radius 3 is 2.67 bits per heavy atom. The first kappa shape index (κ1) is 13.2. The second-order valence-corrected chi connectivity index (χ2v) is 4.94. The molecule has 0 spiro atoms. The van der Waals surface area contributed by atoms with Gasteiger partial charge in [-0.2, -0.15) is 5.10 Å². The summed E-state index contributed by atoms with van der Waals surface area (Å²) in [5, 5.41) is 16.2. The number of aryl methyl sites for hydroxylation is 2. The summed E-state index contributed by atoms with van der Waals surface area (Å²) < 4.78 is 1.76. The highest BCUT2D eigenvalue weighted by Gasteiger charge is 2.18. The summed E-state index contributed by atoms with van der Waals surface area (Å²) in [4.78, 5) is 15.2. The fraction of sp³-hybridized carbons (Fsp3) is 0.200. The van der Waals surface area contributed by atoms with Crippen LogP contribution < -0.4 is 0 Å². The van der Waals surface area contributed by atoms with Gasteiger partial charge in [0.05, 0.1) is 28.4 Å². The van der Waals surface area contributed by atoms with Crippen LogP contribution in [-0.2, 0) is 6.54 Å². The number of pyridine rings is 1. The Kier molecular flexibility index (Phi) is 3.13. The molecular weight excluding hydrogens is 268 g/mol. The molecular formula is C15H14N4O2. The van der Waals surface area contributed by atoms with Crippen LogP contribution in [-0.4, -0.2) is 19.7 Å². The smallest absolute Gasteiger partial charge is 0.258 e. The van der Waals surface area contributed by atoms with Crippen LogP contribution in [0.2, 0.25) is 0 Å². The van der Waals surface area contributed by atoms with Crippen molar-refractivity contribution in [3.63, 3.8) is 0 Å². The molecule has 3 rings (SSSR count). The monoisotopic (exact) mass is 282 g/mol. The number of non-ortho nitro benzene ring substituents is 1. The van der Waals surface area contributed by atoms with Crippen molar-refractivity contribution in [1.29, 1.82) is 0 Å². The van der Waals surface area contributed by atoms with Crippen molar-refractivity contribution in [2.75, 3.05) is 0 Å². The van der Waals surface area contributed by atoms with Gasteiger partial charge in [-0.15, -0.1) is 0 Å². The Bertz CT molecular complexity index is 839. The first-order valence-corrected chi connectivity index (χ1v) is 6.59. The molecule has 1 aromatic carbocycles. The fourth-order valence-corrected chi connectivity index (χ4v) is 2.51. The van der Waals surface area contributed by atoms with Crippen molar-refractivity contribution < 1.29 is 4.92 Å². The largest absolute Gasteiger partial charge is 0.280 e. The Hall–Kier alpha value is -2.76. The van der Waals surface area contributed by atoms with E-state index in [9.17, 15) is 10.1 Å². The van der Waals surface area contributed by atoms with E-state index >= 15 is 0 Å². The summed E-state index contributed by atoms with van der Waals surface area (Å²) in [6.45, 7) is 4.21. The van der Waals surface area contributed by atoms with E-state index in [1.54, 1.807) is 17.7 Å². The zero-order valence-electron chi connectivity index (χ0n) is 11.8. The van der Waals surface area contributed by atoms with E-state index in [-0.39, 0.29) is 10.6 Å². The topological polar surface area (TPSA) is 73.8 Å². The van der Waals surface area contributed by atoms with Crippen molar-refractivity contribution in [3.05, 3.63) is 63.6 Å². The van der Waals surface area contributed by atoms with E-state index in [1.165, 1.54) is 6.07 Å². The highest BCUT2D eigenvalue weighted by molar-refractivity contribution is 5.90. The molecule has 0 amide bonds. The Balaban J connectivity index is 2.12. The zero-order chi connectivity index (χ0) is 15.0. The minimum atomic E-state index is -0.369. The molecule has 0 saturated carbocycles. The molecule has 0 fully saturated rings. The third-order valence-corrected chi connectivity index (χ3v) is 3.39. The summed E-state index contributed by atoms with van der Waals surface area (Å²) >= 11 is 0. The van der Waals surface area contributed by atoms with E-state index in [0.717, 1.165) is 16.9 Å². The van der Waals surface area contributed by atoms with Gasteiger partial charge in [-0.25, -0.2) is 0 Å². The molecule has 6 nitrogen and oxygen atoms in total. The van der Waals surface area contributed by atoms with Gasteiger partial charge in [0.25, 0.3) is 5.69 Å². The number of nitro benzene ring substituents is 1. The van der Waals surface area contributed by atoms with Gasteiger partial charge >= 0.3 is 0 Å². The highest BCUT2D eigenvalue weighted by atomic mass is 16.6. The summed E-state index contributed by atoms with van der Waals surface area (Å²) in [6.07, 6.45) is 0. The number of nitro groups is 1. The third-order valence-electron chi connectivity index (χ3n) is 3.39. The van der Waals surface area contributed by atoms with E-state index in [4.69, 9.17) is 0 Å². The number of fused-ring (bicyclic) bond motifs is 1. The number of hydrogen-bond acceptors (Lipinski definition) is 4. The average molecular weight is 282 g/mol. The van der Waals surface area contributed by atoms with Gasteiger partial charge < -0.3 is 0 Å². The first-order valence-electron chi connectivity index (χ1n) is 6.59. The SMILES string of the molecule is Cc1cccc(Cn2nc(C)c3c([N+](=O)[O-])cccc32)n1. The minimum absolute atomic E-state index is 0.0912. The molecule has 0 bridgehead atoms. The van der Waals surface area contributed by atoms with Gasteiger partial charge in [-0.1, -0.05) is 12.1 Å². The molecule has 0 saturated heterocycles. The summed E-state index contributed by atoms with van der Waals surface area (Å²) in [7, 11) is 0. The van der Waals surface area contributed by atoms with E-state index in [0.29, 0.717) is 17.6 Å². The van der Waals surface area contributed by atoms with Crippen molar-refractivity contribution in [1.82, 2.24) is 14.8 Å².